The number of urea groups is 1. The summed E-state index contributed by atoms with van der Waals surface area (Å²) in [7, 11) is 0. The molecule has 0 saturated carbocycles. The van der Waals surface area contributed by atoms with Crippen molar-refractivity contribution in [3.63, 3.8) is 0 Å². The summed E-state index contributed by atoms with van der Waals surface area (Å²) in [6, 6.07) is -1.02. The first-order chi connectivity index (χ1) is 8.31. The third-order valence-corrected chi connectivity index (χ3v) is 1.98. The van der Waals surface area contributed by atoms with E-state index in [1.54, 1.807) is 12.2 Å². The van der Waals surface area contributed by atoms with Crippen molar-refractivity contribution in [2.75, 3.05) is 11.5 Å². The fourth-order valence-electron chi connectivity index (χ4n) is 1.39. The topological polar surface area (TPSA) is 157 Å². The number of carboxylic acid groups (broad SMARTS) is 1. The normalized spacial score (nSPS) is 11.1. The van der Waals surface area contributed by atoms with Crippen LogP contribution in [-0.2, 0) is 0 Å². The highest BCUT2D eigenvalue weighted by molar-refractivity contribution is 6.09. The van der Waals surface area contributed by atoms with Crippen LogP contribution in [0.1, 0.15) is 18.2 Å². The SMILES string of the molecule is C/C(=N\C(=O)NC(=O)O)c1c(C)nc(N)nc1N. The van der Waals surface area contributed by atoms with Crippen molar-refractivity contribution in [3.8, 4) is 0 Å². The molecule has 1 heterocycles. The quantitative estimate of drug-likeness (QED) is 0.518. The predicted octanol–water partition coefficient (Wildman–Crippen LogP) is 0.146. The Morgan fingerprint density at radius 3 is 2.44 bits per heavy atom. The largest absolute Gasteiger partial charge is 0.465 e. The van der Waals surface area contributed by atoms with Crippen molar-refractivity contribution in [2.24, 2.45) is 4.99 Å². The molecule has 0 fully saturated rings. The lowest BCUT2D eigenvalue weighted by atomic mass is 10.1. The molecule has 0 aliphatic rings. The number of amides is 3. The molecule has 9 nitrogen and oxygen atoms in total. The number of carbonyl (C=O) groups excluding carboxylic acids is 1. The van der Waals surface area contributed by atoms with Gasteiger partial charge in [0.1, 0.15) is 5.82 Å². The standard InChI is InChI=1S/C9H12N6O3/c1-3-5(6(10)14-7(11)12-3)4(2)13-8(16)15-9(17)18/h1-2H3,(H,15,16)(H,17,18)(H4,10,11,12,14)/b13-4+. The minimum Gasteiger partial charge on any atom is -0.465 e. The zero-order valence-corrected chi connectivity index (χ0v) is 9.76. The van der Waals surface area contributed by atoms with Crippen molar-refractivity contribution in [1.82, 2.24) is 15.3 Å². The molecule has 1 rings (SSSR count). The van der Waals surface area contributed by atoms with Crippen LogP contribution < -0.4 is 16.8 Å². The molecule has 1 aromatic heterocycles. The van der Waals surface area contributed by atoms with Gasteiger partial charge in [0.05, 0.1) is 17.0 Å². The number of hydrogen-bond donors (Lipinski definition) is 4. The fraction of sp³-hybridized carbons (Fsp3) is 0.222. The number of nitrogens with one attached hydrogen (secondary N) is 1. The average molecular weight is 252 g/mol. The number of hydrogen-bond acceptors (Lipinski definition) is 6. The van der Waals surface area contributed by atoms with E-state index in [1.807, 2.05) is 0 Å². The summed E-state index contributed by atoms with van der Waals surface area (Å²) in [6.07, 6.45) is -1.49. The van der Waals surface area contributed by atoms with Gasteiger partial charge in [-0.15, -0.1) is 0 Å². The van der Waals surface area contributed by atoms with Gasteiger partial charge in [-0.2, -0.15) is 9.98 Å². The van der Waals surface area contributed by atoms with Gasteiger partial charge in [-0.1, -0.05) is 0 Å². The Balaban J connectivity index is 3.11. The number of nitrogens with two attached hydrogens (primary N) is 2. The first-order valence-electron chi connectivity index (χ1n) is 4.80. The van der Waals surface area contributed by atoms with Crippen molar-refractivity contribution in [1.29, 1.82) is 0 Å². The molecule has 0 aliphatic carbocycles. The maximum Gasteiger partial charge on any atom is 0.412 e. The molecule has 0 aliphatic heterocycles. The molecule has 6 N–H and O–H groups in total. The molecule has 0 radical (unpaired) electrons. The third kappa shape index (κ3) is 3.14. The second-order valence-electron chi connectivity index (χ2n) is 3.36. The second kappa shape index (κ2) is 5.08. The molecule has 0 saturated heterocycles. The summed E-state index contributed by atoms with van der Waals surface area (Å²) in [5.41, 5.74) is 12.0. The zero-order chi connectivity index (χ0) is 13.9. The smallest absolute Gasteiger partial charge is 0.412 e. The highest BCUT2D eigenvalue weighted by atomic mass is 16.4. The molecule has 0 aromatic carbocycles. The van der Waals surface area contributed by atoms with Gasteiger partial charge in [-0.25, -0.2) is 19.9 Å². The van der Waals surface area contributed by atoms with Gasteiger partial charge < -0.3 is 16.6 Å². The molecule has 3 amide bonds. The second-order valence-corrected chi connectivity index (χ2v) is 3.36. The van der Waals surface area contributed by atoms with Crippen LogP contribution in [0.4, 0.5) is 21.4 Å². The zero-order valence-electron chi connectivity index (χ0n) is 9.76. The Labute approximate surface area is 102 Å². The van der Waals surface area contributed by atoms with Gasteiger partial charge in [-0.05, 0) is 13.8 Å². The van der Waals surface area contributed by atoms with Crippen LogP contribution in [0.25, 0.3) is 0 Å². The highest BCUT2D eigenvalue weighted by Gasteiger charge is 2.13. The molecular formula is C9H12N6O3. The van der Waals surface area contributed by atoms with Crippen LogP contribution in [0, 0.1) is 6.92 Å². The van der Waals surface area contributed by atoms with E-state index in [4.69, 9.17) is 16.6 Å². The van der Waals surface area contributed by atoms with Crippen LogP contribution in [0.3, 0.4) is 0 Å². The number of aliphatic imine (C=N–C) groups is 1. The summed E-state index contributed by atoms with van der Waals surface area (Å²) in [4.78, 5) is 32.5. The Kier molecular flexibility index (Phi) is 3.77. The van der Waals surface area contributed by atoms with Gasteiger partial charge in [0.25, 0.3) is 0 Å². The highest BCUT2D eigenvalue weighted by Crippen LogP contribution is 2.15. The van der Waals surface area contributed by atoms with E-state index in [0.29, 0.717) is 11.3 Å². The predicted molar refractivity (Wildman–Crippen MR) is 64.4 cm³/mol. The molecule has 0 unspecified atom stereocenters. The summed E-state index contributed by atoms with van der Waals surface area (Å²) in [5, 5.41) is 9.92. The van der Waals surface area contributed by atoms with Crippen LogP contribution in [0.2, 0.25) is 0 Å². The van der Waals surface area contributed by atoms with Crippen LogP contribution in [0.15, 0.2) is 4.99 Å². The summed E-state index contributed by atoms with van der Waals surface area (Å²) < 4.78 is 0. The van der Waals surface area contributed by atoms with Crippen molar-refractivity contribution >= 4 is 29.6 Å². The maximum absolute atomic E-state index is 11.1. The van der Waals surface area contributed by atoms with E-state index in [-0.39, 0.29) is 17.5 Å². The fourth-order valence-corrected chi connectivity index (χ4v) is 1.39. The Morgan fingerprint density at radius 1 is 1.33 bits per heavy atom. The minimum atomic E-state index is -1.49. The lowest BCUT2D eigenvalue weighted by Crippen LogP contribution is -2.26. The average Bonchev–Trinajstić information content (AvgIpc) is 2.12. The molecular weight excluding hydrogens is 240 g/mol. The number of aryl methyl sites for hydroxylation is 1. The van der Waals surface area contributed by atoms with Gasteiger partial charge in [0.15, 0.2) is 0 Å². The molecule has 0 atom stereocenters. The number of aromatic nitrogens is 2. The monoisotopic (exact) mass is 252 g/mol. The van der Waals surface area contributed by atoms with E-state index < -0.39 is 12.1 Å². The van der Waals surface area contributed by atoms with E-state index in [9.17, 15) is 9.59 Å². The number of imide groups is 1. The molecule has 1 aromatic rings. The van der Waals surface area contributed by atoms with Gasteiger partial charge in [0.2, 0.25) is 5.95 Å². The number of carbonyl (C=O) groups is 2. The Morgan fingerprint density at radius 2 is 1.94 bits per heavy atom. The Hall–Kier alpha value is -2.71. The number of rotatable bonds is 1. The lowest BCUT2D eigenvalue weighted by Gasteiger charge is -2.07. The summed E-state index contributed by atoms with van der Waals surface area (Å²) in [6.45, 7) is 3.11. The maximum atomic E-state index is 11.1. The molecule has 18 heavy (non-hydrogen) atoms. The van der Waals surface area contributed by atoms with Crippen LogP contribution in [-0.4, -0.2) is 32.9 Å². The van der Waals surface area contributed by atoms with Crippen molar-refractivity contribution in [2.45, 2.75) is 13.8 Å². The first-order valence-corrected chi connectivity index (χ1v) is 4.80. The van der Waals surface area contributed by atoms with Crippen molar-refractivity contribution < 1.29 is 14.7 Å². The van der Waals surface area contributed by atoms with E-state index in [2.05, 4.69) is 15.0 Å². The molecule has 0 bridgehead atoms. The van der Waals surface area contributed by atoms with Gasteiger partial charge in [-0.3, -0.25) is 0 Å². The summed E-state index contributed by atoms with van der Waals surface area (Å²) >= 11 is 0. The van der Waals surface area contributed by atoms with Crippen LogP contribution in [0.5, 0.6) is 0 Å². The summed E-state index contributed by atoms with van der Waals surface area (Å²) in [5.74, 6) is 0.0842. The third-order valence-electron chi connectivity index (χ3n) is 1.98. The number of nitrogen functional groups attached to an aromatic ring is 2. The number of nitrogens with zero attached hydrogens (tertiary/aromatic N) is 3. The van der Waals surface area contributed by atoms with Gasteiger partial charge in [0, 0.05) is 0 Å². The van der Waals surface area contributed by atoms with E-state index in [1.165, 1.54) is 6.92 Å². The molecule has 0 spiro atoms. The first kappa shape index (κ1) is 13.4. The molecule has 96 valence electrons. The minimum absolute atomic E-state index is 0.0107. The Bertz CT molecular complexity index is 516. The van der Waals surface area contributed by atoms with Gasteiger partial charge >= 0.3 is 12.1 Å². The van der Waals surface area contributed by atoms with Crippen LogP contribution >= 0.6 is 0 Å². The molecule has 9 heteroatoms. The number of anilines is 2. The van der Waals surface area contributed by atoms with Crippen molar-refractivity contribution in [3.05, 3.63) is 11.3 Å². The van der Waals surface area contributed by atoms with E-state index >= 15 is 0 Å². The van der Waals surface area contributed by atoms with E-state index in [0.717, 1.165) is 0 Å². The lowest BCUT2D eigenvalue weighted by molar-refractivity contribution is 0.193.